The topological polar surface area (TPSA) is 13.1 Å². The minimum absolute atomic E-state index is 0.875. The van der Waals surface area contributed by atoms with E-state index in [0.717, 1.165) is 38.2 Å². The summed E-state index contributed by atoms with van der Waals surface area (Å²) in [6.07, 6.45) is 0. The van der Waals surface area contributed by atoms with Crippen LogP contribution >= 0.6 is 15.9 Å². The van der Waals surface area contributed by atoms with E-state index in [1.54, 1.807) is 0 Å². The molecule has 0 amide bonds. The highest BCUT2D eigenvalue weighted by Gasteiger charge is 2.17. The molecule has 24 heavy (non-hydrogen) atoms. The van der Waals surface area contributed by atoms with E-state index < -0.39 is 0 Å². The van der Waals surface area contributed by atoms with Crippen LogP contribution < -0.4 is 0 Å². The van der Waals surface area contributed by atoms with Crippen molar-refractivity contribution in [2.75, 3.05) is 0 Å². The summed E-state index contributed by atoms with van der Waals surface area (Å²) in [6.45, 7) is 0. The van der Waals surface area contributed by atoms with E-state index in [2.05, 4.69) is 58.4 Å². The van der Waals surface area contributed by atoms with Crippen molar-refractivity contribution in [3.8, 4) is 33.8 Å². The molecule has 0 spiro atoms. The fourth-order valence-corrected chi connectivity index (χ4v) is 3.32. The molecule has 0 aliphatic heterocycles. The van der Waals surface area contributed by atoms with Crippen molar-refractivity contribution in [2.24, 2.45) is 0 Å². The van der Waals surface area contributed by atoms with Crippen molar-refractivity contribution < 1.29 is 4.42 Å². The molecule has 0 aliphatic rings. The minimum Gasteiger partial charge on any atom is -0.455 e. The van der Waals surface area contributed by atoms with Crippen molar-refractivity contribution in [3.63, 3.8) is 0 Å². The van der Waals surface area contributed by atoms with E-state index in [1.165, 1.54) is 0 Å². The third-order valence-corrected chi connectivity index (χ3v) is 4.68. The van der Waals surface area contributed by atoms with E-state index in [-0.39, 0.29) is 0 Å². The van der Waals surface area contributed by atoms with Gasteiger partial charge >= 0.3 is 0 Å². The third-order valence-electron chi connectivity index (χ3n) is 3.99. The van der Waals surface area contributed by atoms with Gasteiger partial charge in [-0.15, -0.1) is 0 Å². The standard InChI is InChI=1S/C22H15BrO/c23-20-14-8-7-13-18(20)19-15-21(16-9-3-1-4-10-16)24-22(19)17-11-5-2-6-12-17/h1-15H. The molecule has 0 N–H and O–H groups in total. The van der Waals surface area contributed by atoms with Gasteiger partial charge in [0.1, 0.15) is 11.5 Å². The molecule has 116 valence electrons. The molecule has 2 heteroatoms. The van der Waals surface area contributed by atoms with Crippen LogP contribution in [0, 0.1) is 0 Å². The number of halogens is 1. The number of furan rings is 1. The minimum atomic E-state index is 0.875. The lowest BCUT2D eigenvalue weighted by molar-refractivity contribution is 0.598. The van der Waals surface area contributed by atoms with Gasteiger partial charge in [0.05, 0.1) is 0 Å². The summed E-state index contributed by atoms with van der Waals surface area (Å²) in [6, 6.07) is 30.8. The van der Waals surface area contributed by atoms with Crippen LogP contribution in [0.25, 0.3) is 33.8 Å². The summed E-state index contributed by atoms with van der Waals surface area (Å²) in [4.78, 5) is 0. The first-order valence-corrected chi connectivity index (χ1v) is 8.62. The molecular formula is C22H15BrO. The molecule has 1 heterocycles. The molecule has 1 aromatic heterocycles. The summed E-state index contributed by atoms with van der Waals surface area (Å²) in [7, 11) is 0. The summed E-state index contributed by atoms with van der Waals surface area (Å²) in [5, 5.41) is 0. The van der Waals surface area contributed by atoms with E-state index in [9.17, 15) is 0 Å². The van der Waals surface area contributed by atoms with E-state index >= 15 is 0 Å². The van der Waals surface area contributed by atoms with Crippen LogP contribution in [-0.2, 0) is 0 Å². The lowest BCUT2D eigenvalue weighted by Crippen LogP contribution is -1.81. The van der Waals surface area contributed by atoms with Gasteiger partial charge in [-0.1, -0.05) is 94.8 Å². The molecule has 1 nitrogen and oxygen atoms in total. The Morgan fingerprint density at radius 2 is 1.17 bits per heavy atom. The van der Waals surface area contributed by atoms with Crippen LogP contribution in [0.2, 0.25) is 0 Å². The zero-order valence-electron chi connectivity index (χ0n) is 12.9. The lowest BCUT2D eigenvalue weighted by Gasteiger charge is -2.05. The largest absolute Gasteiger partial charge is 0.455 e. The quantitative estimate of drug-likeness (QED) is 0.374. The molecule has 0 saturated carbocycles. The van der Waals surface area contributed by atoms with Crippen molar-refractivity contribution >= 4 is 15.9 Å². The Labute approximate surface area is 149 Å². The first kappa shape index (κ1) is 15.0. The second kappa shape index (κ2) is 6.50. The zero-order chi connectivity index (χ0) is 16.4. The number of hydrogen-bond acceptors (Lipinski definition) is 1. The zero-order valence-corrected chi connectivity index (χ0v) is 14.5. The molecule has 0 unspecified atom stereocenters. The molecular weight excluding hydrogens is 360 g/mol. The molecule has 0 aliphatic carbocycles. The normalized spacial score (nSPS) is 10.7. The number of hydrogen-bond donors (Lipinski definition) is 0. The van der Waals surface area contributed by atoms with Crippen molar-refractivity contribution in [1.82, 2.24) is 0 Å². The van der Waals surface area contributed by atoms with E-state index in [0.29, 0.717) is 0 Å². The van der Waals surface area contributed by atoms with Crippen LogP contribution in [0.5, 0.6) is 0 Å². The molecule has 0 radical (unpaired) electrons. The summed E-state index contributed by atoms with van der Waals surface area (Å²) in [5.74, 6) is 1.77. The van der Waals surface area contributed by atoms with Crippen LogP contribution in [0.3, 0.4) is 0 Å². The predicted octanol–water partition coefficient (Wildman–Crippen LogP) is 7.04. The Bertz CT molecular complexity index is 956. The predicted molar refractivity (Wildman–Crippen MR) is 103 cm³/mol. The SMILES string of the molecule is Brc1ccccc1-c1cc(-c2ccccc2)oc1-c1ccccc1. The molecule has 3 aromatic carbocycles. The summed E-state index contributed by atoms with van der Waals surface area (Å²) in [5.41, 5.74) is 4.37. The third kappa shape index (κ3) is 2.81. The highest BCUT2D eigenvalue weighted by molar-refractivity contribution is 9.10. The average molecular weight is 375 g/mol. The Balaban J connectivity index is 1.94. The second-order valence-corrected chi connectivity index (χ2v) is 6.42. The first-order valence-electron chi connectivity index (χ1n) is 7.82. The van der Waals surface area contributed by atoms with Gasteiger partial charge in [0.2, 0.25) is 0 Å². The monoisotopic (exact) mass is 374 g/mol. The first-order chi connectivity index (χ1) is 11.8. The molecule has 4 aromatic rings. The summed E-state index contributed by atoms with van der Waals surface area (Å²) < 4.78 is 7.33. The molecule has 0 fully saturated rings. The fraction of sp³-hybridized carbons (Fsp3) is 0. The van der Waals surface area contributed by atoms with E-state index in [1.807, 2.05) is 48.5 Å². The smallest absolute Gasteiger partial charge is 0.142 e. The maximum absolute atomic E-state index is 6.28. The maximum atomic E-state index is 6.28. The van der Waals surface area contributed by atoms with Gasteiger partial charge in [-0.05, 0) is 17.7 Å². The van der Waals surface area contributed by atoms with Crippen LogP contribution in [-0.4, -0.2) is 0 Å². The molecule has 0 atom stereocenters. The van der Waals surface area contributed by atoms with E-state index in [4.69, 9.17) is 4.42 Å². The number of benzene rings is 3. The second-order valence-electron chi connectivity index (χ2n) is 5.57. The van der Waals surface area contributed by atoms with Crippen molar-refractivity contribution in [3.05, 3.63) is 95.5 Å². The van der Waals surface area contributed by atoms with Crippen LogP contribution in [0.4, 0.5) is 0 Å². The van der Waals surface area contributed by atoms with Crippen LogP contribution in [0.15, 0.2) is 99.9 Å². The van der Waals surface area contributed by atoms with Gasteiger partial charge in [-0.25, -0.2) is 0 Å². The Morgan fingerprint density at radius 3 is 1.83 bits per heavy atom. The molecule has 4 rings (SSSR count). The molecule has 0 saturated heterocycles. The maximum Gasteiger partial charge on any atom is 0.142 e. The Kier molecular flexibility index (Phi) is 4.06. The fourth-order valence-electron chi connectivity index (χ4n) is 2.82. The van der Waals surface area contributed by atoms with Crippen molar-refractivity contribution in [1.29, 1.82) is 0 Å². The molecule has 0 bridgehead atoms. The van der Waals surface area contributed by atoms with Gasteiger partial charge in [-0.3, -0.25) is 0 Å². The lowest BCUT2D eigenvalue weighted by atomic mass is 10.0. The van der Waals surface area contributed by atoms with Gasteiger partial charge in [-0.2, -0.15) is 0 Å². The Morgan fingerprint density at radius 1 is 0.583 bits per heavy atom. The highest BCUT2D eigenvalue weighted by atomic mass is 79.9. The highest BCUT2D eigenvalue weighted by Crippen LogP contribution is 2.41. The van der Waals surface area contributed by atoms with Gasteiger partial charge in [0.15, 0.2) is 0 Å². The Hall–Kier alpha value is -2.58. The van der Waals surface area contributed by atoms with Gasteiger partial charge in [0, 0.05) is 21.2 Å². The average Bonchev–Trinajstić information content (AvgIpc) is 3.09. The van der Waals surface area contributed by atoms with Gasteiger partial charge in [0.25, 0.3) is 0 Å². The number of rotatable bonds is 3. The van der Waals surface area contributed by atoms with Crippen molar-refractivity contribution in [2.45, 2.75) is 0 Å². The van der Waals surface area contributed by atoms with Crippen LogP contribution in [0.1, 0.15) is 0 Å². The summed E-state index contributed by atoms with van der Waals surface area (Å²) >= 11 is 3.66. The van der Waals surface area contributed by atoms with Gasteiger partial charge < -0.3 is 4.42 Å².